The molecule has 2 aromatic rings. The Morgan fingerprint density at radius 3 is 2.59 bits per heavy atom. The second-order valence-corrected chi connectivity index (χ2v) is 6.61. The van der Waals surface area contributed by atoms with Gasteiger partial charge in [0.2, 0.25) is 11.7 Å². The Kier molecular flexibility index (Phi) is 5.87. The van der Waals surface area contributed by atoms with E-state index in [9.17, 15) is 19.2 Å². The average Bonchev–Trinajstić information content (AvgIpc) is 2.71. The van der Waals surface area contributed by atoms with Crippen molar-refractivity contribution in [1.29, 1.82) is 0 Å². The maximum absolute atomic E-state index is 12.3. The van der Waals surface area contributed by atoms with E-state index < -0.39 is 5.91 Å². The zero-order chi connectivity index (χ0) is 21.0. The molecule has 0 aliphatic carbocycles. The number of carbonyl (C=O) groups excluding carboxylic acids is 4. The topological polar surface area (TPSA) is 102 Å². The number of ether oxygens (including phenoxy) is 1. The van der Waals surface area contributed by atoms with Gasteiger partial charge in [-0.25, -0.2) is 0 Å². The van der Waals surface area contributed by atoms with E-state index in [1.165, 1.54) is 19.2 Å². The molecule has 1 aliphatic rings. The summed E-state index contributed by atoms with van der Waals surface area (Å²) in [5.74, 6) is -0.666. The van der Waals surface area contributed by atoms with E-state index in [1.54, 1.807) is 30.3 Å². The van der Waals surface area contributed by atoms with Crippen molar-refractivity contribution < 1.29 is 23.9 Å². The van der Waals surface area contributed by atoms with Crippen LogP contribution in [-0.4, -0.2) is 30.5 Å². The number of amides is 2. The number of para-hydroxylation sites is 2. The van der Waals surface area contributed by atoms with Gasteiger partial charge in [0.1, 0.15) is 11.5 Å². The van der Waals surface area contributed by atoms with Crippen LogP contribution in [0.15, 0.2) is 54.7 Å². The SMILES string of the molecule is C=C1NC(=O)c2ccc(CC(=O)CCC(=O)Nc3ccccc3OC)cc2C1=O. The van der Waals surface area contributed by atoms with Crippen LogP contribution in [0.1, 0.15) is 39.1 Å². The molecule has 0 aromatic heterocycles. The van der Waals surface area contributed by atoms with Gasteiger partial charge in [0, 0.05) is 24.8 Å². The molecule has 1 aliphatic heterocycles. The van der Waals surface area contributed by atoms with Crippen LogP contribution in [0.4, 0.5) is 5.69 Å². The molecular weight excluding hydrogens is 372 g/mol. The number of benzene rings is 2. The third-order valence-electron chi connectivity index (χ3n) is 4.52. The Bertz CT molecular complexity index is 1030. The second-order valence-electron chi connectivity index (χ2n) is 6.61. The first kappa shape index (κ1) is 20.0. The molecule has 0 saturated heterocycles. The number of nitrogens with one attached hydrogen (secondary N) is 2. The fraction of sp³-hybridized carbons (Fsp3) is 0.182. The molecule has 0 bridgehead atoms. The highest BCUT2D eigenvalue weighted by Crippen LogP contribution is 2.23. The molecule has 0 atom stereocenters. The highest BCUT2D eigenvalue weighted by Gasteiger charge is 2.26. The third-order valence-corrected chi connectivity index (χ3v) is 4.52. The van der Waals surface area contributed by atoms with Crippen LogP contribution in [0.2, 0.25) is 0 Å². The lowest BCUT2D eigenvalue weighted by molar-refractivity contribution is -0.122. The Hall–Kier alpha value is -3.74. The number of fused-ring (bicyclic) bond motifs is 1. The minimum Gasteiger partial charge on any atom is -0.495 e. The fourth-order valence-electron chi connectivity index (χ4n) is 3.04. The van der Waals surface area contributed by atoms with Gasteiger partial charge in [-0.3, -0.25) is 19.2 Å². The number of rotatable bonds is 7. The van der Waals surface area contributed by atoms with Crippen molar-refractivity contribution in [3.05, 3.63) is 71.4 Å². The first-order valence-corrected chi connectivity index (χ1v) is 9.01. The molecule has 7 nitrogen and oxygen atoms in total. The predicted octanol–water partition coefficient (Wildman–Crippen LogP) is 2.67. The number of carbonyl (C=O) groups is 4. The normalized spacial score (nSPS) is 12.8. The fourth-order valence-corrected chi connectivity index (χ4v) is 3.04. The molecule has 2 N–H and O–H groups in total. The number of Topliss-reactive ketones (excluding diaryl/α,β-unsaturated/α-hetero) is 2. The van der Waals surface area contributed by atoms with Crippen LogP contribution in [0.5, 0.6) is 5.75 Å². The maximum Gasteiger partial charge on any atom is 0.256 e. The zero-order valence-electron chi connectivity index (χ0n) is 15.9. The molecule has 2 aromatic carbocycles. The minimum absolute atomic E-state index is 0.0130. The standard InChI is InChI=1S/C22H20N2O5/c1-13-21(27)17-12-14(7-9-16(17)22(28)23-13)11-15(25)8-10-20(26)24-18-5-3-4-6-19(18)29-2/h3-7,9,12H,1,8,10-11H2,2H3,(H,23,28)(H,24,26). The van der Waals surface area contributed by atoms with Gasteiger partial charge in [-0.15, -0.1) is 0 Å². The minimum atomic E-state index is -0.393. The van der Waals surface area contributed by atoms with Gasteiger partial charge >= 0.3 is 0 Å². The summed E-state index contributed by atoms with van der Waals surface area (Å²) in [4.78, 5) is 48.5. The number of ketones is 2. The molecule has 0 fully saturated rings. The number of hydrogen-bond donors (Lipinski definition) is 2. The number of allylic oxidation sites excluding steroid dienone is 1. The molecule has 0 unspecified atom stereocenters. The predicted molar refractivity (Wildman–Crippen MR) is 107 cm³/mol. The van der Waals surface area contributed by atoms with Crippen LogP contribution < -0.4 is 15.4 Å². The van der Waals surface area contributed by atoms with E-state index in [0.717, 1.165) is 0 Å². The van der Waals surface area contributed by atoms with E-state index in [1.807, 2.05) is 0 Å². The highest BCUT2D eigenvalue weighted by molar-refractivity contribution is 6.20. The summed E-state index contributed by atoms with van der Waals surface area (Å²) >= 11 is 0. The van der Waals surface area contributed by atoms with E-state index in [4.69, 9.17) is 4.74 Å². The van der Waals surface area contributed by atoms with Gasteiger partial charge in [-0.05, 0) is 29.8 Å². The number of methoxy groups -OCH3 is 1. The molecule has 0 radical (unpaired) electrons. The second kappa shape index (κ2) is 8.52. The summed E-state index contributed by atoms with van der Waals surface area (Å²) in [5.41, 5.74) is 1.65. The summed E-state index contributed by atoms with van der Waals surface area (Å²) in [6, 6.07) is 11.7. The van der Waals surface area contributed by atoms with Gasteiger partial charge in [0.15, 0.2) is 0 Å². The quantitative estimate of drug-likeness (QED) is 0.706. The lowest BCUT2D eigenvalue weighted by Crippen LogP contribution is -2.34. The zero-order valence-corrected chi connectivity index (χ0v) is 15.9. The van der Waals surface area contributed by atoms with Crippen molar-refractivity contribution in [3.8, 4) is 5.75 Å². The molecule has 7 heteroatoms. The van der Waals surface area contributed by atoms with E-state index in [0.29, 0.717) is 17.0 Å². The third kappa shape index (κ3) is 4.57. The van der Waals surface area contributed by atoms with Crippen LogP contribution in [0.3, 0.4) is 0 Å². The lowest BCUT2D eigenvalue weighted by Gasteiger charge is -2.17. The smallest absolute Gasteiger partial charge is 0.256 e. The van der Waals surface area contributed by atoms with Crippen LogP contribution in [0.25, 0.3) is 0 Å². The summed E-state index contributed by atoms with van der Waals surface area (Å²) in [7, 11) is 1.51. The molecule has 2 amide bonds. The molecule has 0 spiro atoms. The van der Waals surface area contributed by atoms with Crippen molar-refractivity contribution in [2.24, 2.45) is 0 Å². The Labute approximate surface area is 167 Å². The van der Waals surface area contributed by atoms with Gasteiger partial charge in [-0.1, -0.05) is 24.8 Å². The first-order valence-electron chi connectivity index (χ1n) is 9.01. The van der Waals surface area contributed by atoms with E-state index >= 15 is 0 Å². The monoisotopic (exact) mass is 392 g/mol. The number of anilines is 1. The van der Waals surface area contributed by atoms with Crippen molar-refractivity contribution in [3.63, 3.8) is 0 Å². The largest absolute Gasteiger partial charge is 0.495 e. The van der Waals surface area contributed by atoms with Gasteiger partial charge in [0.25, 0.3) is 5.91 Å². The Morgan fingerprint density at radius 1 is 1.07 bits per heavy atom. The van der Waals surface area contributed by atoms with Crippen LogP contribution in [0, 0.1) is 0 Å². The summed E-state index contributed by atoms with van der Waals surface area (Å²) in [6.07, 6.45) is 0.149. The molecule has 0 saturated carbocycles. The molecule has 3 rings (SSSR count). The van der Waals surface area contributed by atoms with Crippen molar-refractivity contribution >= 4 is 29.1 Å². The number of hydrogen-bond acceptors (Lipinski definition) is 5. The lowest BCUT2D eigenvalue weighted by atomic mass is 9.93. The van der Waals surface area contributed by atoms with Crippen LogP contribution >= 0.6 is 0 Å². The maximum atomic E-state index is 12.3. The highest BCUT2D eigenvalue weighted by atomic mass is 16.5. The summed E-state index contributed by atoms with van der Waals surface area (Å²) < 4.78 is 5.18. The van der Waals surface area contributed by atoms with Crippen LogP contribution in [-0.2, 0) is 16.0 Å². The molecule has 1 heterocycles. The van der Waals surface area contributed by atoms with Gasteiger partial charge in [0.05, 0.1) is 24.1 Å². The van der Waals surface area contributed by atoms with Gasteiger partial charge < -0.3 is 15.4 Å². The first-order chi connectivity index (χ1) is 13.9. The van der Waals surface area contributed by atoms with E-state index in [2.05, 4.69) is 17.2 Å². The van der Waals surface area contributed by atoms with E-state index in [-0.39, 0.29) is 53.6 Å². The average molecular weight is 392 g/mol. The van der Waals surface area contributed by atoms with Crippen molar-refractivity contribution in [2.45, 2.75) is 19.3 Å². The van der Waals surface area contributed by atoms with Gasteiger partial charge in [-0.2, -0.15) is 0 Å². The molecule has 29 heavy (non-hydrogen) atoms. The van der Waals surface area contributed by atoms with Crippen molar-refractivity contribution in [1.82, 2.24) is 5.32 Å². The molecule has 148 valence electrons. The Balaban J connectivity index is 1.59. The summed E-state index contributed by atoms with van der Waals surface area (Å²) in [6.45, 7) is 3.53. The Morgan fingerprint density at radius 2 is 1.83 bits per heavy atom. The summed E-state index contributed by atoms with van der Waals surface area (Å²) in [5, 5.41) is 5.13. The van der Waals surface area contributed by atoms with Crippen molar-refractivity contribution in [2.75, 3.05) is 12.4 Å². The molecular formula is C22H20N2O5.